The Morgan fingerprint density at radius 2 is 1.78 bits per heavy atom. The van der Waals surface area contributed by atoms with Crippen LogP contribution in [0.2, 0.25) is 0 Å². The number of amides is 1. The lowest BCUT2D eigenvalue weighted by Gasteiger charge is -2.31. The van der Waals surface area contributed by atoms with E-state index in [2.05, 4.69) is 0 Å². The highest BCUT2D eigenvalue weighted by Gasteiger charge is 2.30. The van der Waals surface area contributed by atoms with Crippen LogP contribution < -0.4 is 0 Å². The molecule has 1 aromatic carbocycles. The van der Waals surface area contributed by atoms with Crippen LogP contribution in [0.3, 0.4) is 0 Å². The van der Waals surface area contributed by atoms with Gasteiger partial charge >= 0.3 is 5.97 Å². The van der Waals surface area contributed by atoms with Crippen molar-refractivity contribution in [3.8, 4) is 0 Å². The van der Waals surface area contributed by atoms with Gasteiger partial charge in [0, 0.05) is 18.1 Å². The number of benzene rings is 1. The van der Waals surface area contributed by atoms with E-state index in [1.807, 2.05) is 44.2 Å². The van der Waals surface area contributed by atoms with E-state index >= 15 is 0 Å². The first-order chi connectivity index (χ1) is 11.1. The molecular weight excluding hydrogens is 330 g/mol. The highest BCUT2D eigenvalue weighted by molar-refractivity contribution is 8.11. The molecule has 0 saturated carbocycles. The van der Waals surface area contributed by atoms with Crippen molar-refractivity contribution in [2.24, 2.45) is 0 Å². The van der Waals surface area contributed by atoms with E-state index in [-0.39, 0.29) is 16.9 Å². The van der Waals surface area contributed by atoms with Crippen LogP contribution in [0.1, 0.15) is 31.9 Å². The van der Waals surface area contributed by atoms with E-state index in [4.69, 9.17) is 0 Å². The number of rotatable bonds is 6. The van der Waals surface area contributed by atoms with Gasteiger partial charge in [0.2, 0.25) is 0 Å². The third-order valence-corrected chi connectivity index (χ3v) is 6.18. The molecule has 1 N–H and O–H groups in total. The minimum absolute atomic E-state index is 0.0845. The number of carbonyl (C=O) groups is 2. The number of hydrogen-bond acceptors (Lipinski definition) is 4. The minimum Gasteiger partial charge on any atom is -0.477 e. The lowest BCUT2D eigenvalue weighted by atomic mass is 10.1. The molecule has 23 heavy (non-hydrogen) atoms. The second kappa shape index (κ2) is 8.45. The topological polar surface area (TPSA) is 57.6 Å². The van der Waals surface area contributed by atoms with Crippen LogP contribution in [0, 0.1) is 0 Å². The van der Waals surface area contributed by atoms with Crippen LogP contribution in [0.15, 0.2) is 40.1 Å². The minimum atomic E-state index is -1.01. The average molecular weight is 351 g/mol. The summed E-state index contributed by atoms with van der Waals surface area (Å²) in [6, 6.07) is 9.76. The summed E-state index contributed by atoms with van der Waals surface area (Å²) in [5, 5.41) is 9.36. The Hall–Kier alpha value is -1.40. The predicted molar refractivity (Wildman–Crippen MR) is 96.4 cm³/mol. The van der Waals surface area contributed by atoms with Crippen molar-refractivity contribution < 1.29 is 14.7 Å². The fraction of sp³-hybridized carbons (Fsp3) is 0.412. The lowest BCUT2D eigenvalue weighted by Crippen LogP contribution is -2.36. The van der Waals surface area contributed by atoms with Gasteiger partial charge in [0.15, 0.2) is 0 Å². The van der Waals surface area contributed by atoms with Gasteiger partial charge in [0.1, 0.15) is 4.91 Å². The van der Waals surface area contributed by atoms with Crippen molar-refractivity contribution in [3.05, 3.63) is 45.7 Å². The van der Waals surface area contributed by atoms with Gasteiger partial charge in [-0.15, -0.1) is 23.5 Å². The Kier molecular flexibility index (Phi) is 6.59. The van der Waals surface area contributed by atoms with E-state index in [0.29, 0.717) is 11.4 Å². The number of thioether (sulfide) groups is 2. The maximum atomic E-state index is 13.0. The molecule has 1 amide bonds. The van der Waals surface area contributed by atoms with Crippen molar-refractivity contribution in [2.45, 2.75) is 26.3 Å². The number of carboxylic acids is 1. The molecule has 6 heteroatoms. The molecule has 0 fully saturated rings. The SMILES string of the molecule is CCCN(C(=O)C1=C(C(=O)O)SCCS1)[C@H](C)c1ccccc1. The smallest absolute Gasteiger partial charge is 0.343 e. The van der Waals surface area contributed by atoms with Crippen LogP contribution in [0.5, 0.6) is 0 Å². The zero-order valence-corrected chi connectivity index (χ0v) is 15.0. The average Bonchev–Trinajstić information content (AvgIpc) is 2.59. The highest BCUT2D eigenvalue weighted by atomic mass is 32.2. The zero-order chi connectivity index (χ0) is 16.8. The monoisotopic (exact) mass is 351 g/mol. The third-order valence-electron chi connectivity index (χ3n) is 3.65. The molecule has 124 valence electrons. The molecular formula is C17H21NO3S2. The summed E-state index contributed by atoms with van der Waals surface area (Å²) in [4.78, 5) is 26.8. The van der Waals surface area contributed by atoms with Gasteiger partial charge in [-0.2, -0.15) is 0 Å². The van der Waals surface area contributed by atoms with Crippen LogP contribution in [-0.2, 0) is 9.59 Å². The molecule has 0 saturated heterocycles. The molecule has 1 aromatic rings. The molecule has 1 aliphatic heterocycles. The van der Waals surface area contributed by atoms with Gasteiger partial charge in [-0.1, -0.05) is 37.3 Å². The summed E-state index contributed by atoms with van der Waals surface area (Å²) in [6.07, 6.45) is 0.830. The van der Waals surface area contributed by atoms with Crippen molar-refractivity contribution in [1.82, 2.24) is 4.90 Å². The maximum absolute atomic E-state index is 13.0. The molecule has 0 spiro atoms. The zero-order valence-electron chi connectivity index (χ0n) is 13.3. The standard InChI is InChI=1S/C17H21NO3S2/c1-3-9-18(12(2)13-7-5-4-6-8-13)16(19)14-15(17(20)21)23-11-10-22-14/h4-8,12H,3,9-11H2,1-2H3,(H,20,21)/t12-/m1/s1. The molecule has 0 aliphatic carbocycles. The van der Waals surface area contributed by atoms with Crippen LogP contribution in [0.25, 0.3) is 0 Å². The van der Waals surface area contributed by atoms with Crippen molar-refractivity contribution in [2.75, 3.05) is 18.1 Å². The molecule has 1 heterocycles. The summed E-state index contributed by atoms with van der Waals surface area (Å²) >= 11 is 2.62. The third kappa shape index (κ3) is 4.32. The number of aliphatic carboxylic acids is 1. The van der Waals surface area contributed by atoms with Crippen LogP contribution in [0.4, 0.5) is 0 Å². The Morgan fingerprint density at radius 3 is 2.35 bits per heavy atom. The van der Waals surface area contributed by atoms with Crippen LogP contribution >= 0.6 is 23.5 Å². The highest BCUT2D eigenvalue weighted by Crippen LogP contribution is 2.36. The fourth-order valence-corrected chi connectivity index (χ4v) is 4.72. The lowest BCUT2D eigenvalue weighted by molar-refractivity contribution is -0.133. The van der Waals surface area contributed by atoms with E-state index in [9.17, 15) is 14.7 Å². The quantitative estimate of drug-likeness (QED) is 0.845. The van der Waals surface area contributed by atoms with Gasteiger partial charge in [-0.05, 0) is 18.9 Å². The van der Waals surface area contributed by atoms with E-state index in [1.165, 1.54) is 23.5 Å². The predicted octanol–water partition coefficient (Wildman–Crippen LogP) is 3.76. The van der Waals surface area contributed by atoms with E-state index in [1.54, 1.807) is 4.90 Å². The molecule has 0 aromatic heterocycles. The molecule has 4 nitrogen and oxygen atoms in total. The molecule has 0 bridgehead atoms. The summed E-state index contributed by atoms with van der Waals surface area (Å²) in [7, 11) is 0. The van der Waals surface area contributed by atoms with Crippen LogP contribution in [-0.4, -0.2) is 39.9 Å². The van der Waals surface area contributed by atoms with E-state index < -0.39 is 5.97 Å². The van der Waals surface area contributed by atoms with Crippen molar-refractivity contribution >= 4 is 35.4 Å². The first-order valence-electron chi connectivity index (χ1n) is 7.65. The largest absolute Gasteiger partial charge is 0.477 e. The fourth-order valence-electron chi connectivity index (χ4n) is 2.49. The Balaban J connectivity index is 2.33. The number of carboxylic acid groups (broad SMARTS) is 1. The summed E-state index contributed by atoms with van der Waals surface area (Å²) in [6.45, 7) is 4.62. The van der Waals surface area contributed by atoms with Crippen molar-refractivity contribution in [1.29, 1.82) is 0 Å². The number of hydrogen-bond donors (Lipinski definition) is 1. The van der Waals surface area contributed by atoms with Gasteiger partial charge in [-0.25, -0.2) is 4.79 Å². The van der Waals surface area contributed by atoms with Gasteiger partial charge in [0.25, 0.3) is 5.91 Å². The Labute approximate surface area is 145 Å². The second-order valence-electron chi connectivity index (χ2n) is 5.25. The molecule has 0 unspecified atom stereocenters. The summed E-state index contributed by atoms with van der Waals surface area (Å²) in [5.74, 6) is 0.319. The summed E-state index contributed by atoms with van der Waals surface area (Å²) in [5.41, 5.74) is 1.06. The first-order valence-corrected chi connectivity index (χ1v) is 9.62. The second-order valence-corrected chi connectivity index (χ2v) is 7.46. The van der Waals surface area contributed by atoms with Gasteiger partial charge in [-0.3, -0.25) is 4.79 Å². The van der Waals surface area contributed by atoms with Crippen molar-refractivity contribution in [3.63, 3.8) is 0 Å². The van der Waals surface area contributed by atoms with E-state index in [0.717, 1.165) is 23.5 Å². The number of nitrogens with zero attached hydrogens (tertiary/aromatic N) is 1. The maximum Gasteiger partial charge on any atom is 0.343 e. The Bertz CT molecular complexity index is 601. The molecule has 1 atom stereocenters. The molecule has 2 rings (SSSR count). The molecule has 0 radical (unpaired) electrons. The van der Waals surface area contributed by atoms with Gasteiger partial charge in [0.05, 0.1) is 10.9 Å². The normalized spacial score (nSPS) is 16.1. The number of carbonyl (C=O) groups excluding carboxylic acids is 1. The summed E-state index contributed by atoms with van der Waals surface area (Å²) < 4.78 is 0. The molecule has 1 aliphatic rings. The first kappa shape index (κ1) is 17.9. The van der Waals surface area contributed by atoms with Gasteiger partial charge < -0.3 is 10.0 Å². The Morgan fingerprint density at radius 1 is 1.17 bits per heavy atom.